The summed E-state index contributed by atoms with van der Waals surface area (Å²) in [6.07, 6.45) is 1.65. The van der Waals surface area contributed by atoms with E-state index >= 15 is 0 Å². The molecule has 0 aliphatic carbocycles. The molecule has 3 N–H and O–H groups in total. The van der Waals surface area contributed by atoms with Crippen LogP contribution in [-0.4, -0.2) is 44.4 Å². The van der Waals surface area contributed by atoms with Crippen LogP contribution in [0.15, 0.2) is 0 Å². The SMILES string of the molecule is CCOCCOCC(=O)NC(CC)(CC)CN. The lowest BCUT2D eigenvalue weighted by Crippen LogP contribution is -2.53. The van der Waals surface area contributed by atoms with E-state index in [1.165, 1.54) is 0 Å². The number of hydrogen-bond acceptors (Lipinski definition) is 4. The summed E-state index contributed by atoms with van der Waals surface area (Å²) in [5, 5.41) is 2.94. The number of ether oxygens (including phenoxy) is 2. The van der Waals surface area contributed by atoms with Crippen LogP contribution in [0.5, 0.6) is 0 Å². The highest BCUT2D eigenvalue weighted by Gasteiger charge is 2.25. The van der Waals surface area contributed by atoms with Crippen LogP contribution in [0.25, 0.3) is 0 Å². The van der Waals surface area contributed by atoms with Crippen molar-refractivity contribution in [2.45, 2.75) is 39.2 Å². The van der Waals surface area contributed by atoms with E-state index in [0.29, 0.717) is 26.4 Å². The Hall–Kier alpha value is -0.650. The molecular formula is C12H26N2O3. The van der Waals surface area contributed by atoms with Crippen LogP contribution in [0.1, 0.15) is 33.6 Å². The van der Waals surface area contributed by atoms with Gasteiger partial charge < -0.3 is 20.5 Å². The van der Waals surface area contributed by atoms with Crippen LogP contribution in [0.3, 0.4) is 0 Å². The highest BCUT2D eigenvalue weighted by atomic mass is 16.5. The van der Waals surface area contributed by atoms with E-state index in [-0.39, 0.29) is 18.1 Å². The van der Waals surface area contributed by atoms with E-state index in [4.69, 9.17) is 15.2 Å². The first kappa shape index (κ1) is 16.4. The first-order chi connectivity index (χ1) is 8.14. The van der Waals surface area contributed by atoms with Crippen molar-refractivity contribution in [3.8, 4) is 0 Å². The highest BCUT2D eigenvalue weighted by Crippen LogP contribution is 2.12. The van der Waals surface area contributed by atoms with Gasteiger partial charge in [0.2, 0.25) is 5.91 Å². The zero-order chi connectivity index (χ0) is 13.1. The van der Waals surface area contributed by atoms with E-state index in [1.54, 1.807) is 0 Å². The largest absolute Gasteiger partial charge is 0.379 e. The molecule has 0 aromatic rings. The molecule has 0 saturated carbocycles. The van der Waals surface area contributed by atoms with Gasteiger partial charge in [-0.15, -0.1) is 0 Å². The summed E-state index contributed by atoms with van der Waals surface area (Å²) in [4.78, 5) is 11.6. The van der Waals surface area contributed by atoms with Gasteiger partial charge in [-0.05, 0) is 19.8 Å². The molecule has 102 valence electrons. The van der Waals surface area contributed by atoms with Gasteiger partial charge in [0.15, 0.2) is 0 Å². The van der Waals surface area contributed by atoms with Gasteiger partial charge in [0.1, 0.15) is 6.61 Å². The molecule has 0 spiro atoms. The normalized spacial score (nSPS) is 11.5. The molecule has 0 fully saturated rings. The van der Waals surface area contributed by atoms with Gasteiger partial charge in [-0.25, -0.2) is 0 Å². The van der Waals surface area contributed by atoms with Crippen molar-refractivity contribution in [2.24, 2.45) is 5.73 Å². The Labute approximate surface area is 104 Å². The van der Waals surface area contributed by atoms with Crippen LogP contribution in [0, 0.1) is 0 Å². The summed E-state index contributed by atoms with van der Waals surface area (Å²) < 4.78 is 10.3. The first-order valence-electron chi connectivity index (χ1n) is 6.30. The van der Waals surface area contributed by atoms with Crippen molar-refractivity contribution >= 4 is 5.91 Å². The van der Waals surface area contributed by atoms with E-state index < -0.39 is 0 Å². The fourth-order valence-electron chi connectivity index (χ4n) is 1.53. The lowest BCUT2D eigenvalue weighted by atomic mass is 9.93. The molecule has 0 rings (SSSR count). The summed E-state index contributed by atoms with van der Waals surface area (Å²) >= 11 is 0. The van der Waals surface area contributed by atoms with Gasteiger partial charge in [-0.1, -0.05) is 13.8 Å². The Bertz CT molecular complexity index is 198. The average molecular weight is 246 g/mol. The molecule has 0 saturated heterocycles. The second-order valence-electron chi connectivity index (χ2n) is 3.99. The Morgan fingerprint density at radius 1 is 1.18 bits per heavy atom. The fraction of sp³-hybridized carbons (Fsp3) is 0.917. The Morgan fingerprint density at radius 2 is 1.76 bits per heavy atom. The Morgan fingerprint density at radius 3 is 2.24 bits per heavy atom. The predicted molar refractivity (Wildman–Crippen MR) is 67.8 cm³/mol. The van der Waals surface area contributed by atoms with Gasteiger partial charge in [0.05, 0.1) is 18.8 Å². The molecule has 0 aliphatic rings. The maximum Gasteiger partial charge on any atom is 0.246 e. The second-order valence-corrected chi connectivity index (χ2v) is 3.99. The molecule has 0 atom stereocenters. The molecule has 0 unspecified atom stereocenters. The van der Waals surface area contributed by atoms with E-state index in [9.17, 15) is 4.79 Å². The fourth-order valence-corrected chi connectivity index (χ4v) is 1.53. The van der Waals surface area contributed by atoms with Crippen LogP contribution in [0.4, 0.5) is 0 Å². The van der Waals surface area contributed by atoms with Crippen LogP contribution in [-0.2, 0) is 14.3 Å². The third-order valence-corrected chi connectivity index (χ3v) is 2.96. The van der Waals surface area contributed by atoms with Crippen LogP contribution >= 0.6 is 0 Å². The summed E-state index contributed by atoms with van der Waals surface area (Å²) in [7, 11) is 0. The summed E-state index contributed by atoms with van der Waals surface area (Å²) in [5.74, 6) is -0.115. The van der Waals surface area contributed by atoms with Gasteiger partial charge >= 0.3 is 0 Å². The molecule has 0 bridgehead atoms. The first-order valence-corrected chi connectivity index (χ1v) is 6.30. The topological polar surface area (TPSA) is 73.6 Å². The van der Waals surface area contributed by atoms with Gasteiger partial charge in [-0.2, -0.15) is 0 Å². The van der Waals surface area contributed by atoms with Crippen molar-refractivity contribution < 1.29 is 14.3 Å². The molecule has 5 heteroatoms. The number of nitrogens with one attached hydrogen (secondary N) is 1. The Balaban J connectivity index is 3.83. The van der Waals surface area contributed by atoms with Crippen LogP contribution in [0.2, 0.25) is 0 Å². The average Bonchev–Trinajstić information content (AvgIpc) is 2.36. The molecule has 0 aromatic carbocycles. The minimum absolute atomic E-state index is 0.0643. The van der Waals surface area contributed by atoms with Crippen molar-refractivity contribution in [2.75, 3.05) is 33.0 Å². The number of amides is 1. The van der Waals surface area contributed by atoms with Crippen LogP contribution < -0.4 is 11.1 Å². The van der Waals surface area contributed by atoms with Gasteiger partial charge in [-0.3, -0.25) is 4.79 Å². The van der Waals surface area contributed by atoms with E-state index in [0.717, 1.165) is 12.8 Å². The molecule has 0 aliphatic heterocycles. The quantitative estimate of drug-likeness (QED) is 0.556. The molecule has 1 amide bonds. The summed E-state index contributed by atoms with van der Waals surface area (Å²) in [5.41, 5.74) is 5.40. The minimum Gasteiger partial charge on any atom is -0.379 e. The standard InChI is InChI=1S/C12H26N2O3/c1-4-12(5-2,10-13)14-11(15)9-17-8-7-16-6-3/h4-10,13H2,1-3H3,(H,14,15). The molecule has 0 heterocycles. The third kappa shape index (κ3) is 6.61. The molecule has 0 aromatic heterocycles. The van der Waals surface area contributed by atoms with Gasteiger partial charge in [0.25, 0.3) is 0 Å². The van der Waals surface area contributed by atoms with Crippen molar-refractivity contribution in [1.82, 2.24) is 5.32 Å². The third-order valence-electron chi connectivity index (χ3n) is 2.96. The second kappa shape index (κ2) is 9.39. The highest BCUT2D eigenvalue weighted by molar-refractivity contribution is 5.78. The van der Waals surface area contributed by atoms with E-state index in [2.05, 4.69) is 5.32 Å². The Kier molecular flexibility index (Phi) is 9.03. The van der Waals surface area contributed by atoms with Crippen molar-refractivity contribution in [3.05, 3.63) is 0 Å². The lowest BCUT2D eigenvalue weighted by molar-refractivity contribution is -0.128. The van der Waals surface area contributed by atoms with Crippen molar-refractivity contribution in [3.63, 3.8) is 0 Å². The number of hydrogen-bond donors (Lipinski definition) is 2. The molecular weight excluding hydrogens is 220 g/mol. The maximum absolute atomic E-state index is 11.6. The number of nitrogens with two attached hydrogens (primary N) is 1. The zero-order valence-electron chi connectivity index (χ0n) is 11.3. The number of carbonyl (C=O) groups is 1. The molecule has 0 radical (unpaired) electrons. The predicted octanol–water partition coefficient (Wildman–Crippen LogP) is 0.673. The number of rotatable bonds is 10. The maximum atomic E-state index is 11.6. The summed E-state index contributed by atoms with van der Waals surface area (Å²) in [6.45, 7) is 8.10. The number of carbonyl (C=O) groups excluding carboxylic acids is 1. The van der Waals surface area contributed by atoms with Crippen molar-refractivity contribution in [1.29, 1.82) is 0 Å². The summed E-state index contributed by atoms with van der Waals surface area (Å²) in [6, 6.07) is 0. The zero-order valence-corrected chi connectivity index (χ0v) is 11.3. The lowest BCUT2D eigenvalue weighted by Gasteiger charge is -2.31. The monoisotopic (exact) mass is 246 g/mol. The minimum atomic E-state index is -0.291. The molecule has 17 heavy (non-hydrogen) atoms. The van der Waals surface area contributed by atoms with Gasteiger partial charge in [0, 0.05) is 13.2 Å². The smallest absolute Gasteiger partial charge is 0.246 e. The molecule has 5 nitrogen and oxygen atoms in total. The van der Waals surface area contributed by atoms with E-state index in [1.807, 2.05) is 20.8 Å².